The molecule has 2 rings (SSSR count). The summed E-state index contributed by atoms with van der Waals surface area (Å²) in [6.45, 7) is 5.34. The molecule has 1 amide bonds. The van der Waals surface area contributed by atoms with Gasteiger partial charge in [0.05, 0.1) is 0 Å². The average molecular weight is 209 g/mol. The first-order valence-electron chi connectivity index (χ1n) is 5.79. The minimum Gasteiger partial charge on any atom is -0.381 e. The smallest absolute Gasteiger partial charge is 0.226 e. The van der Waals surface area contributed by atoms with Crippen molar-refractivity contribution in [2.75, 3.05) is 26.3 Å². The first-order chi connectivity index (χ1) is 7.27. The van der Waals surface area contributed by atoms with E-state index in [1.807, 2.05) is 4.90 Å². The zero-order valence-electron chi connectivity index (χ0n) is 9.37. The Bertz CT molecular complexity index is 267. The lowest BCUT2D eigenvalue weighted by Crippen LogP contribution is -2.40. The summed E-state index contributed by atoms with van der Waals surface area (Å²) in [6.07, 6.45) is 5.01. The van der Waals surface area contributed by atoms with Gasteiger partial charge < -0.3 is 9.64 Å². The molecule has 0 aromatic rings. The lowest BCUT2D eigenvalue weighted by Gasteiger charge is -2.31. The highest BCUT2D eigenvalue weighted by Crippen LogP contribution is 2.20. The Kier molecular flexibility index (Phi) is 3.41. The van der Waals surface area contributed by atoms with Crippen molar-refractivity contribution >= 4 is 5.91 Å². The molecule has 3 nitrogen and oxygen atoms in total. The Balaban J connectivity index is 1.90. The van der Waals surface area contributed by atoms with Crippen LogP contribution < -0.4 is 0 Å². The van der Waals surface area contributed by atoms with Crippen LogP contribution in [0.25, 0.3) is 0 Å². The Morgan fingerprint density at radius 1 is 1.47 bits per heavy atom. The van der Waals surface area contributed by atoms with E-state index in [-0.39, 0.29) is 5.92 Å². The maximum atomic E-state index is 12.1. The van der Waals surface area contributed by atoms with E-state index in [1.165, 1.54) is 5.57 Å². The molecule has 0 bridgehead atoms. The molecule has 0 saturated carbocycles. The van der Waals surface area contributed by atoms with Crippen molar-refractivity contribution in [1.29, 1.82) is 0 Å². The molecule has 0 aromatic heterocycles. The van der Waals surface area contributed by atoms with E-state index in [0.29, 0.717) is 5.91 Å². The summed E-state index contributed by atoms with van der Waals surface area (Å²) in [5.74, 6) is 0.549. The van der Waals surface area contributed by atoms with E-state index >= 15 is 0 Å². The largest absolute Gasteiger partial charge is 0.381 e. The highest BCUT2D eigenvalue weighted by molar-refractivity contribution is 5.79. The van der Waals surface area contributed by atoms with Gasteiger partial charge in [0.15, 0.2) is 0 Å². The fraction of sp³-hybridized carbons (Fsp3) is 0.750. The van der Waals surface area contributed by atoms with Crippen LogP contribution in [0.15, 0.2) is 11.6 Å². The summed E-state index contributed by atoms with van der Waals surface area (Å²) in [5, 5.41) is 0. The van der Waals surface area contributed by atoms with Crippen LogP contribution in [0.4, 0.5) is 0 Å². The number of ether oxygens (including phenoxy) is 1. The Morgan fingerprint density at radius 3 is 2.80 bits per heavy atom. The van der Waals surface area contributed by atoms with Crippen molar-refractivity contribution in [2.45, 2.75) is 26.2 Å². The lowest BCUT2D eigenvalue weighted by atomic mass is 9.97. The van der Waals surface area contributed by atoms with Crippen LogP contribution in [-0.4, -0.2) is 37.1 Å². The molecule has 2 aliphatic heterocycles. The quantitative estimate of drug-likeness (QED) is 0.614. The SMILES string of the molecule is CC1=CCN(C(=O)C2CCOCC2)CC1. The van der Waals surface area contributed by atoms with Gasteiger partial charge in [-0.3, -0.25) is 4.79 Å². The zero-order chi connectivity index (χ0) is 10.7. The summed E-state index contributed by atoms with van der Waals surface area (Å²) < 4.78 is 5.27. The molecule has 0 unspecified atom stereocenters. The molecule has 0 atom stereocenters. The molecule has 0 N–H and O–H groups in total. The van der Waals surface area contributed by atoms with E-state index < -0.39 is 0 Å². The number of nitrogens with zero attached hydrogens (tertiary/aromatic N) is 1. The van der Waals surface area contributed by atoms with Crippen LogP contribution in [0.3, 0.4) is 0 Å². The summed E-state index contributed by atoms with van der Waals surface area (Å²) in [7, 11) is 0. The first kappa shape index (κ1) is 10.7. The molecule has 0 aliphatic carbocycles. The second-order valence-corrected chi connectivity index (χ2v) is 4.47. The average Bonchev–Trinajstić information content (AvgIpc) is 2.30. The Labute approximate surface area is 91.1 Å². The Hall–Kier alpha value is -0.830. The van der Waals surface area contributed by atoms with Gasteiger partial charge in [-0.05, 0) is 26.2 Å². The van der Waals surface area contributed by atoms with Crippen LogP contribution in [0.2, 0.25) is 0 Å². The fourth-order valence-corrected chi connectivity index (χ4v) is 2.17. The van der Waals surface area contributed by atoms with Crippen molar-refractivity contribution in [1.82, 2.24) is 4.90 Å². The number of hydrogen-bond donors (Lipinski definition) is 0. The number of amides is 1. The van der Waals surface area contributed by atoms with Crippen molar-refractivity contribution in [3.05, 3.63) is 11.6 Å². The molecule has 3 heteroatoms. The van der Waals surface area contributed by atoms with Crippen molar-refractivity contribution < 1.29 is 9.53 Å². The maximum absolute atomic E-state index is 12.1. The number of rotatable bonds is 1. The number of carbonyl (C=O) groups excluding carboxylic acids is 1. The molecular weight excluding hydrogens is 190 g/mol. The summed E-state index contributed by atoms with van der Waals surface area (Å²) >= 11 is 0. The molecule has 84 valence electrons. The third kappa shape index (κ3) is 2.59. The van der Waals surface area contributed by atoms with E-state index in [0.717, 1.165) is 45.6 Å². The monoisotopic (exact) mass is 209 g/mol. The summed E-state index contributed by atoms with van der Waals surface area (Å²) in [5.41, 5.74) is 1.41. The van der Waals surface area contributed by atoms with Crippen molar-refractivity contribution in [2.24, 2.45) is 5.92 Å². The third-order valence-electron chi connectivity index (χ3n) is 3.32. The van der Waals surface area contributed by atoms with Crippen LogP contribution in [-0.2, 0) is 9.53 Å². The number of carbonyl (C=O) groups is 1. The van der Waals surface area contributed by atoms with E-state index in [2.05, 4.69) is 13.0 Å². The van der Waals surface area contributed by atoms with Gasteiger partial charge in [-0.1, -0.05) is 11.6 Å². The molecule has 2 heterocycles. The highest BCUT2D eigenvalue weighted by Gasteiger charge is 2.26. The summed E-state index contributed by atoms with van der Waals surface area (Å²) in [6, 6.07) is 0. The van der Waals surface area contributed by atoms with Gasteiger partial charge >= 0.3 is 0 Å². The maximum Gasteiger partial charge on any atom is 0.226 e. The van der Waals surface area contributed by atoms with Gasteiger partial charge in [0.2, 0.25) is 5.91 Å². The molecule has 2 aliphatic rings. The lowest BCUT2D eigenvalue weighted by molar-refractivity contribution is -0.138. The predicted molar refractivity (Wildman–Crippen MR) is 58.5 cm³/mol. The predicted octanol–water partition coefficient (Wildman–Crippen LogP) is 1.59. The van der Waals surface area contributed by atoms with E-state index in [9.17, 15) is 4.79 Å². The number of hydrogen-bond acceptors (Lipinski definition) is 2. The topological polar surface area (TPSA) is 29.5 Å². The van der Waals surface area contributed by atoms with Gasteiger partial charge in [-0.2, -0.15) is 0 Å². The van der Waals surface area contributed by atoms with Crippen LogP contribution >= 0.6 is 0 Å². The van der Waals surface area contributed by atoms with Gasteiger partial charge in [-0.25, -0.2) is 0 Å². The molecule has 1 saturated heterocycles. The molecule has 0 aromatic carbocycles. The zero-order valence-corrected chi connectivity index (χ0v) is 9.37. The van der Waals surface area contributed by atoms with Crippen molar-refractivity contribution in [3.63, 3.8) is 0 Å². The van der Waals surface area contributed by atoms with Gasteiger partial charge in [0, 0.05) is 32.2 Å². The highest BCUT2D eigenvalue weighted by atomic mass is 16.5. The Morgan fingerprint density at radius 2 is 2.20 bits per heavy atom. The first-order valence-corrected chi connectivity index (χ1v) is 5.79. The van der Waals surface area contributed by atoms with Crippen LogP contribution in [0.1, 0.15) is 26.2 Å². The summed E-state index contributed by atoms with van der Waals surface area (Å²) in [4.78, 5) is 14.1. The van der Waals surface area contributed by atoms with Crippen LogP contribution in [0, 0.1) is 5.92 Å². The van der Waals surface area contributed by atoms with Gasteiger partial charge in [-0.15, -0.1) is 0 Å². The van der Waals surface area contributed by atoms with E-state index in [4.69, 9.17) is 4.74 Å². The second kappa shape index (κ2) is 4.79. The molecule has 0 spiro atoms. The minimum atomic E-state index is 0.213. The normalized spacial score (nSPS) is 23.8. The van der Waals surface area contributed by atoms with E-state index in [1.54, 1.807) is 0 Å². The fourth-order valence-electron chi connectivity index (χ4n) is 2.17. The standard InChI is InChI=1S/C12H19NO2/c1-10-2-6-13(7-3-10)12(14)11-4-8-15-9-5-11/h2,11H,3-9H2,1H3. The molecule has 0 radical (unpaired) electrons. The van der Waals surface area contributed by atoms with Gasteiger partial charge in [0.25, 0.3) is 0 Å². The molecular formula is C12H19NO2. The minimum absolute atomic E-state index is 0.213. The molecule has 1 fully saturated rings. The van der Waals surface area contributed by atoms with Crippen LogP contribution in [0.5, 0.6) is 0 Å². The molecule has 15 heavy (non-hydrogen) atoms. The van der Waals surface area contributed by atoms with Crippen molar-refractivity contribution in [3.8, 4) is 0 Å². The van der Waals surface area contributed by atoms with Gasteiger partial charge in [0.1, 0.15) is 0 Å². The second-order valence-electron chi connectivity index (χ2n) is 4.47. The third-order valence-corrected chi connectivity index (χ3v) is 3.32.